The molecule has 0 amide bonds. The van der Waals surface area contributed by atoms with Crippen molar-refractivity contribution in [3.8, 4) is 0 Å². The van der Waals surface area contributed by atoms with Crippen LogP contribution in [0.5, 0.6) is 0 Å². The normalized spacial score (nSPS) is 10.9. The summed E-state index contributed by atoms with van der Waals surface area (Å²) < 4.78 is 1.06. The molecule has 78 valence electrons. The zero-order valence-corrected chi connectivity index (χ0v) is 10.1. The average Bonchev–Trinajstić information content (AvgIpc) is 2.22. The number of hydrogen-bond donors (Lipinski definition) is 2. The second-order valence-electron chi connectivity index (χ2n) is 3.00. The fourth-order valence-corrected chi connectivity index (χ4v) is 2.14. The fraction of sp³-hybridized carbons (Fsp3) is 0.400. The molecule has 0 saturated carbocycles. The molecule has 0 aliphatic rings. The summed E-state index contributed by atoms with van der Waals surface area (Å²) >= 11 is 5.01. The molecule has 0 unspecified atom stereocenters. The molecule has 14 heavy (non-hydrogen) atoms. The van der Waals surface area contributed by atoms with Crippen molar-refractivity contribution >= 4 is 27.7 Å². The van der Waals surface area contributed by atoms with Gasteiger partial charge < -0.3 is 10.2 Å². The second kappa shape index (κ2) is 6.45. The molecule has 2 N–H and O–H groups in total. The Balaban J connectivity index is 2.41. The van der Waals surface area contributed by atoms with Crippen molar-refractivity contribution in [1.82, 2.24) is 0 Å². The summed E-state index contributed by atoms with van der Waals surface area (Å²) in [4.78, 5) is 1.15. The van der Waals surface area contributed by atoms with Crippen LogP contribution in [0.2, 0.25) is 0 Å². The third-order valence-corrected chi connectivity index (χ3v) is 3.59. The maximum atomic E-state index is 8.87. The first-order chi connectivity index (χ1) is 6.76. The number of halogens is 1. The molecule has 1 rings (SSSR count). The number of aliphatic hydroxyl groups excluding tert-OH is 2. The van der Waals surface area contributed by atoms with Crippen LogP contribution in [0.3, 0.4) is 0 Å². The fourth-order valence-electron chi connectivity index (χ4n) is 0.908. The van der Waals surface area contributed by atoms with E-state index in [0.717, 1.165) is 15.1 Å². The van der Waals surface area contributed by atoms with E-state index in [1.807, 2.05) is 24.3 Å². The smallest absolute Gasteiger partial charge is 0.0489 e. The van der Waals surface area contributed by atoms with Crippen molar-refractivity contribution in [2.24, 2.45) is 5.92 Å². The monoisotopic (exact) mass is 276 g/mol. The molecular formula is C10H13BrO2S. The second-order valence-corrected chi connectivity index (χ2v) is 5.01. The van der Waals surface area contributed by atoms with Gasteiger partial charge in [-0.3, -0.25) is 0 Å². The lowest BCUT2D eigenvalue weighted by Gasteiger charge is -2.09. The van der Waals surface area contributed by atoms with E-state index in [1.165, 1.54) is 0 Å². The number of benzene rings is 1. The number of thioether (sulfide) groups is 1. The molecule has 0 aliphatic carbocycles. The Labute approximate surface area is 96.5 Å². The number of aliphatic hydroxyl groups is 2. The van der Waals surface area contributed by atoms with Crippen LogP contribution in [0.15, 0.2) is 33.6 Å². The van der Waals surface area contributed by atoms with Gasteiger partial charge in [-0.05, 0) is 24.3 Å². The Morgan fingerprint density at radius 2 is 1.71 bits per heavy atom. The topological polar surface area (TPSA) is 40.5 Å². The minimum atomic E-state index is -0.0244. The van der Waals surface area contributed by atoms with Crippen LogP contribution >= 0.6 is 27.7 Å². The predicted octanol–water partition coefficient (Wildman–Crippen LogP) is 2.14. The summed E-state index contributed by atoms with van der Waals surface area (Å²) in [5.41, 5.74) is 0. The van der Waals surface area contributed by atoms with Crippen LogP contribution in [0.25, 0.3) is 0 Å². The minimum absolute atomic E-state index is 0.0244. The summed E-state index contributed by atoms with van der Waals surface area (Å²) in [6.45, 7) is 0.0834. The molecule has 4 heteroatoms. The van der Waals surface area contributed by atoms with Gasteiger partial charge in [0.2, 0.25) is 0 Å². The van der Waals surface area contributed by atoms with E-state index >= 15 is 0 Å². The van der Waals surface area contributed by atoms with Crippen molar-refractivity contribution in [2.45, 2.75) is 4.90 Å². The molecule has 0 fully saturated rings. The van der Waals surface area contributed by atoms with Crippen LogP contribution in [0, 0.1) is 5.92 Å². The summed E-state index contributed by atoms with van der Waals surface area (Å²) in [6.07, 6.45) is 0. The summed E-state index contributed by atoms with van der Waals surface area (Å²) in [6, 6.07) is 7.99. The molecule has 0 spiro atoms. The maximum absolute atomic E-state index is 8.87. The molecule has 1 aromatic rings. The Hall–Kier alpha value is -0.0300. The van der Waals surface area contributed by atoms with Crippen molar-refractivity contribution in [3.05, 3.63) is 28.7 Å². The standard InChI is InChI=1S/C10H13BrO2S/c11-9-1-3-10(4-2-9)14-7-8(5-12)6-13/h1-4,8,12-13H,5-7H2. The molecule has 0 saturated heterocycles. The third kappa shape index (κ3) is 4.00. The lowest BCUT2D eigenvalue weighted by Crippen LogP contribution is -2.13. The van der Waals surface area contributed by atoms with Gasteiger partial charge in [0.05, 0.1) is 0 Å². The molecule has 0 atom stereocenters. The number of rotatable bonds is 5. The Bertz CT molecular complexity index is 259. The molecule has 0 heterocycles. The van der Waals surface area contributed by atoms with E-state index in [2.05, 4.69) is 15.9 Å². The Morgan fingerprint density at radius 1 is 1.14 bits per heavy atom. The van der Waals surface area contributed by atoms with E-state index < -0.39 is 0 Å². The van der Waals surface area contributed by atoms with Crippen LogP contribution in [0.1, 0.15) is 0 Å². The van der Waals surface area contributed by atoms with Gasteiger partial charge in [0.15, 0.2) is 0 Å². The van der Waals surface area contributed by atoms with Crippen molar-refractivity contribution in [3.63, 3.8) is 0 Å². The molecule has 0 bridgehead atoms. The minimum Gasteiger partial charge on any atom is -0.396 e. The highest BCUT2D eigenvalue weighted by Gasteiger charge is 2.05. The van der Waals surface area contributed by atoms with Crippen LogP contribution in [-0.4, -0.2) is 29.2 Å². The van der Waals surface area contributed by atoms with Gasteiger partial charge in [-0.25, -0.2) is 0 Å². The van der Waals surface area contributed by atoms with Gasteiger partial charge in [-0.15, -0.1) is 11.8 Å². The molecule has 2 nitrogen and oxygen atoms in total. The predicted molar refractivity (Wildman–Crippen MR) is 62.5 cm³/mol. The zero-order valence-electron chi connectivity index (χ0n) is 7.69. The summed E-state index contributed by atoms with van der Waals surface area (Å²) in [5, 5.41) is 17.7. The zero-order chi connectivity index (χ0) is 10.4. The number of hydrogen-bond acceptors (Lipinski definition) is 3. The summed E-state index contributed by atoms with van der Waals surface area (Å²) in [5.74, 6) is 0.720. The van der Waals surface area contributed by atoms with Crippen LogP contribution in [0.4, 0.5) is 0 Å². The quantitative estimate of drug-likeness (QED) is 0.810. The highest BCUT2D eigenvalue weighted by atomic mass is 79.9. The van der Waals surface area contributed by atoms with Gasteiger partial charge in [0, 0.05) is 34.3 Å². The lowest BCUT2D eigenvalue weighted by atomic mass is 10.2. The molecule has 1 aromatic carbocycles. The lowest BCUT2D eigenvalue weighted by molar-refractivity contribution is 0.164. The van der Waals surface area contributed by atoms with Crippen molar-refractivity contribution < 1.29 is 10.2 Å². The Kier molecular flexibility index (Phi) is 5.55. The van der Waals surface area contributed by atoms with E-state index in [1.54, 1.807) is 11.8 Å². The van der Waals surface area contributed by atoms with Crippen LogP contribution in [-0.2, 0) is 0 Å². The Morgan fingerprint density at radius 3 is 2.21 bits per heavy atom. The first-order valence-electron chi connectivity index (χ1n) is 4.36. The third-order valence-electron chi connectivity index (χ3n) is 1.82. The van der Waals surface area contributed by atoms with Gasteiger partial charge in [0.1, 0.15) is 0 Å². The van der Waals surface area contributed by atoms with Gasteiger partial charge in [0.25, 0.3) is 0 Å². The molecule has 0 radical (unpaired) electrons. The van der Waals surface area contributed by atoms with E-state index in [-0.39, 0.29) is 19.1 Å². The van der Waals surface area contributed by atoms with E-state index in [4.69, 9.17) is 10.2 Å². The molecule has 0 aromatic heterocycles. The molecule has 0 aliphatic heterocycles. The average molecular weight is 277 g/mol. The van der Waals surface area contributed by atoms with Gasteiger partial charge in [-0.1, -0.05) is 15.9 Å². The van der Waals surface area contributed by atoms with Gasteiger partial charge in [-0.2, -0.15) is 0 Å². The first-order valence-corrected chi connectivity index (χ1v) is 6.14. The highest BCUT2D eigenvalue weighted by molar-refractivity contribution is 9.10. The van der Waals surface area contributed by atoms with E-state index in [0.29, 0.717) is 0 Å². The van der Waals surface area contributed by atoms with Crippen molar-refractivity contribution in [1.29, 1.82) is 0 Å². The molecular weight excluding hydrogens is 264 g/mol. The largest absolute Gasteiger partial charge is 0.396 e. The van der Waals surface area contributed by atoms with Gasteiger partial charge >= 0.3 is 0 Å². The maximum Gasteiger partial charge on any atom is 0.0489 e. The summed E-state index contributed by atoms with van der Waals surface area (Å²) in [7, 11) is 0. The highest BCUT2D eigenvalue weighted by Crippen LogP contribution is 2.22. The van der Waals surface area contributed by atoms with E-state index in [9.17, 15) is 0 Å². The van der Waals surface area contributed by atoms with Crippen LogP contribution < -0.4 is 0 Å². The SMILES string of the molecule is OCC(CO)CSc1ccc(Br)cc1. The van der Waals surface area contributed by atoms with Crippen molar-refractivity contribution in [2.75, 3.05) is 19.0 Å². The first kappa shape index (κ1) is 12.0.